The predicted octanol–water partition coefficient (Wildman–Crippen LogP) is 3.34. The minimum absolute atomic E-state index is 0.286. The number of carbonyl (C=O) groups is 2. The highest BCUT2D eigenvalue weighted by Gasteiger charge is 2.17. The summed E-state index contributed by atoms with van der Waals surface area (Å²) in [5.41, 5.74) is 7.65. The summed E-state index contributed by atoms with van der Waals surface area (Å²) < 4.78 is 16.5. The van der Waals surface area contributed by atoms with E-state index in [1.54, 1.807) is 25.1 Å². The maximum atomic E-state index is 12.2. The summed E-state index contributed by atoms with van der Waals surface area (Å²) in [5.74, 6) is 0.581. The minimum atomic E-state index is -0.786. The third-order valence-corrected chi connectivity index (χ3v) is 4.46. The fourth-order valence-corrected chi connectivity index (χ4v) is 2.61. The Hall–Kier alpha value is -3.48. The summed E-state index contributed by atoms with van der Waals surface area (Å²) in [6.07, 6.45) is 3.05. The van der Waals surface area contributed by atoms with E-state index < -0.39 is 17.9 Å². The van der Waals surface area contributed by atoms with Crippen molar-refractivity contribution in [2.45, 2.75) is 33.8 Å². The highest BCUT2D eigenvalue weighted by Crippen LogP contribution is 2.28. The van der Waals surface area contributed by atoms with Crippen LogP contribution in [0.25, 0.3) is 6.08 Å². The third-order valence-electron chi connectivity index (χ3n) is 4.46. The van der Waals surface area contributed by atoms with Crippen molar-refractivity contribution < 1.29 is 23.8 Å². The first kappa shape index (κ1) is 22.8. The molecule has 7 nitrogen and oxygen atoms in total. The number of allylic oxidation sites excluding steroid dienone is 1. The van der Waals surface area contributed by atoms with Crippen LogP contribution in [0.15, 0.2) is 42.5 Å². The molecule has 0 saturated heterocycles. The van der Waals surface area contributed by atoms with Gasteiger partial charge in [0, 0.05) is 0 Å². The second-order valence-electron chi connectivity index (χ2n) is 6.69. The van der Waals surface area contributed by atoms with Crippen molar-refractivity contribution in [1.82, 2.24) is 10.9 Å². The smallest absolute Gasteiger partial charge is 0.279 e. The number of hydrazine groups is 1. The van der Waals surface area contributed by atoms with E-state index in [-0.39, 0.29) is 6.61 Å². The van der Waals surface area contributed by atoms with Gasteiger partial charge in [-0.15, -0.1) is 0 Å². The topological polar surface area (TPSA) is 85.9 Å². The molecule has 0 bridgehead atoms. The van der Waals surface area contributed by atoms with Crippen molar-refractivity contribution in [3.8, 4) is 17.2 Å². The fourth-order valence-electron chi connectivity index (χ4n) is 2.61. The molecule has 2 N–H and O–H groups in total. The molecular weight excluding hydrogens is 384 g/mol. The van der Waals surface area contributed by atoms with E-state index in [0.29, 0.717) is 17.2 Å². The lowest BCUT2D eigenvalue weighted by atomic mass is 10.1. The molecule has 2 aromatic carbocycles. The number of methoxy groups -OCH3 is 1. The molecule has 2 rings (SSSR count). The van der Waals surface area contributed by atoms with Crippen LogP contribution in [0.3, 0.4) is 0 Å². The van der Waals surface area contributed by atoms with Gasteiger partial charge in [0.15, 0.2) is 24.2 Å². The monoisotopic (exact) mass is 412 g/mol. The van der Waals surface area contributed by atoms with Gasteiger partial charge in [-0.1, -0.05) is 30.4 Å². The maximum absolute atomic E-state index is 12.2. The molecule has 0 aliphatic heterocycles. The number of amides is 2. The van der Waals surface area contributed by atoms with E-state index in [1.165, 1.54) is 7.11 Å². The molecule has 0 radical (unpaired) electrons. The van der Waals surface area contributed by atoms with Gasteiger partial charge >= 0.3 is 0 Å². The second kappa shape index (κ2) is 10.9. The third kappa shape index (κ3) is 6.27. The molecule has 0 saturated carbocycles. The molecule has 0 aliphatic rings. The Labute approximate surface area is 177 Å². The quantitative estimate of drug-likeness (QED) is 0.650. The SMILES string of the molecule is C/C=C/c1ccc(OCC(=O)NNC(=O)C(C)Oc2cccc(C)c2C)c(OC)c1. The summed E-state index contributed by atoms with van der Waals surface area (Å²) in [7, 11) is 1.53. The molecule has 1 atom stereocenters. The van der Waals surface area contributed by atoms with Crippen LogP contribution in [0.2, 0.25) is 0 Å². The van der Waals surface area contributed by atoms with Crippen LogP contribution in [0.4, 0.5) is 0 Å². The second-order valence-corrected chi connectivity index (χ2v) is 6.69. The Kier molecular flexibility index (Phi) is 8.29. The molecule has 0 spiro atoms. The van der Waals surface area contributed by atoms with Crippen LogP contribution in [0.1, 0.15) is 30.5 Å². The highest BCUT2D eigenvalue weighted by atomic mass is 16.5. The van der Waals surface area contributed by atoms with Crippen molar-refractivity contribution in [2.75, 3.05) is 13.7 Å². The molecule has 7 heteroatoms. The zero-order chi connectivity index (χ0) is 22.1. The summed E-state index contributed by atoms with van der Waals surface area (Å²) in [6, 6.07) is 11.0. The average molecular weight is 412 g/mol. The summed E-state index contributed by atoms with van der Waals surface area (Å²) in [4.78, 5) is 24.2. The van der Waals surface area contributed by atoms with E-state index in [1.807, 2.05) is 51.1 Å². The van der Waals surface area contributed by atoms with Gasteiger partial charge in [-0.2, -0.15) is 0 Å². The average Bonchev–Trinajstić information content (AvgIpc) is 2.74. The van der Waals surface area contributed by atoms with Crippen molar-refractivity contribution in [3.05, 3.63) is 59.2 Å². The number of hydrogen-bond acceptors (Lipinski definition) is 5. The van der Waals surface area contributed by atoms with Gasteiger partial charge in [0.1, 0.15) is 5.75 Å². The van der Waals surface area contributed by atoms with E-state index in [0.717, 1.165) is 16.7 Å². The first-order chi connectivity index (χ1) is 14.3. The lowest BCUT2D eigenvalue weighted by Crippen LogP contribution is -2.48. The lowest BCUT2D eigenvalue weighted by molar-refractivity contribution is -0.133. The first-order valence-electron chi connectivity index (χ1n) is 9.60. The van der Waals surface area contributed by atoms with Gasteiger partial charge in [-0.25, -0.2) is 0 Å². The molecule has 160 valence electrons. The number of benzene rings is 2. The number of aryl methyl sites for hydroxylation is 1. The van der Waals surface area contributed by atoms with Crippen LogP contribution in [0.5, 0.6) is 17.2 Å². The summed E-state index contributed by atoms with van der Waals surface area (Å²) >= 11 is 0. The molecule has 2 amide bonds. The Bertz CT molecular complexity index is 924. The van der Waals surface area contributed by atoms with Crippen molar-refractivity contribution in [3.63, 3.8) is 0 Å². The number of hydrogen-bond donors (Lipinski definition) is 2. The fraction of sp³-hybridized carbons (Fsp3) is 0.304. The zero-order valence-corrected chi connectivity index (χ0v) is 17.9. The van der Waals surface area contributed by atoms with Crippen LogP contribution in [-0.2, 0) is 9.59 Å². The number of carbonyl (C=O) groups excluding carboxylic acids is 2. The number of ether oxygens (including phenoxy) is 3. The van der Waals surface area contributed by atoms with Gasteiger partial charge in [0.2, 0.25) is 0 Å². The van der Waals surface area contributed by atoms with Crippen LogP contribution in [-0.4, -0.2) is 31.6 Å². The molecule has 2 aromatic rings. The summed E-state index contributed by atoms with van der Waals surface area (Å²) in [6.45, 7) is 7.14. The summed E-state index contributed by atoms with van der Waals surface area (Å²) in [5, 5.41) is 0. The number of rotatable bonds is 8. The Morgan fingerprint density at radius 3 is 2.53 bits per heavy atom. The van der Waals surface area contributed by atoms with E-state index in [9.17, 15) is 9.59 Å². The van der Waals surface area contributed by atoms with E-state index in [2.05, 4.69) is 10.9 Å². The largest absolute Gasteiger partial charge is 0.493 e. The minimum Gasteiger partial charge on any atom is -0.493 e. The first-order valence-corrected chi connectivity index (χ1v) is 9.60. The molecule has 0 aliphatic carbocycles. The van der Waals surface area contributed by atoms with Crippen LogP contribution >= 0.6 is 0 Å². The van der Waals surface area contributed by atoms with Gasteiger partial charge in [0.25, 0.3) is 11.8 Å². The van der Waals surface area contributed by atoms with Gasteiger partial charge in [-0.3, -0.25) is 20.4 Å². The molecule has 0 heterocycles. The van der Waals surface area contributed by atoms with Crippen molar-refractivity contribution in [2.24, 2.45) is 0 Å². The Balaban J connectivity index is 1.84. The standard InChI is InChI=1S/C23H28N2O5/c1-6-8-18-11-12-20(21(13-18)28-5)29-14-22(26)24-25-23(27)17(4)30-19-10-7-9-15(2)16(19)3/h6-13,17H,14H2,1-5H3,(H,24,26)(H,25,27)/b8-6+. The molecule has 0 aromatic heterocycles. The molecule has 1 unspecified atom stereocenters. The van der Waals surface area contributed by atoms with Gasteiger partial charge < -0.3 is 14.2 Å². The van der Waals surface area contributed by atoms with Gasteiger partial charge in [-0.05, 0) is 62.6 Å². The van der Waals surface area contributed by atoms with Crippen LogP contribution < -0.4 is 25.1 Å². The van der Waals surface area contributed by atoms with E-state index >= 15 is 0 Å². The lowest BCUT2D eigenvalue weighted by Gasteiger charge is -2.17. The predicted molar refractivity (Wildman–Crippen MR) is 115 cm³/mol. The van der Waals surface area contributed by atoms with Crippen LogP contribution in [0, 0.1) is 13.8 Å². The molecular formula is C23H28N2O5. The zero-order valence-electron chi connectivity index (χ0n) is 17.9. The Morgan fingerprint density at radius 2 is 1.83 bits per heavy atom. The molecule has 30 heavy (non-hydrogen) atoms. The normalized spacial score (nSPS) is 11.6. The van der Waals surface area contributed by atoms with Crippen molar-refractivity contribution in [1.29, 1.82) is 0 Å². The molecule has 0 fully saturated rings. The Morgan fingerprint density at radius 1 is 1.07 bits per heavy atom. The number of nitrogens with one attached hydrogen (secondary N) is 2. The van der Waals surface area contributed by atoms with Gasteiger partial charge in [0.05, 0.1) is 7.11 Å². The van der Waals surface area contributed by atoms with Crippen molar-refractivity contribution >= 4 is 17.9 Å². The van der Waals surface area contributed by atoms with E-state index in [4.69, 9.17) is 14.2 Å². The maximum Gasteiger partial charge on any atom is 0.279 e. The highest BCUT2D eigenvalue weighted by molar-refractivity contribution is 5.85.